The number of hydrogen-bond acceptors (Lipinski definition) is 5. The first kappa shape index (κ1) is 27.3. The van der Waals surface area contributed by atoms with E-state index >= 15 is 0 Å². The summed E-state index contributed by atoms with van der Waals surface area (Å²) in [5, 5.41) is 10.9. The Hall–Kier alpha value is -2.29. The molecule has 204 valence electrons. The number of anilines is 1. The summed E-state index contributed by atoms with van der Waals surface area (Å²) in [5.74, 6) is -1.95. The Balaban J connectivity index is 1.69. The molecular formula is C29H36ClN3O4S. The summed E-state index contributed by atoms with van der Waals surface area (Å²) in [4.78, 5) is 48.2. The number of hydrogen-bond donors (Lipinski definition) is 1. The Bertz CT molecular complexity index is 1200. The predicted molar refractivity (Wildman–Crippen MR) is 151 cm³/mol. The third-order valence-corrected chi connectivity index (χ3v) is 10.6. The molecule has 5 rings (SSSR count). The van der Waals surface area contributed by atoms with Crippen molar-refractivity contribution < 1.29 is 19.5 Å². The van der Waals surface area contributed by atoms with Crippen LogP contribution in [0.2, 0.25) is 5.02 Å². The second-order valence-corrected chi connectivity index (χ2v) is 13.4. The average Bonchev–Trinajstić information content (AvgIpc) is 3.14. The van der Waals surface area contributed by atoms with Crippen LogP contribution in [0.3, 0.4) is 0 Å². The van der Waals surface area contributed by atoms with Crippen LogP contribution in [0.5, 0.6) is 0 Å². The fraction of sp³-hybridized carbons (Fsp3) is 0.552. The quantitative estimate of drug-likeness (QED) is 0.539. The Morgan fingerprint density at radius 2 is 1.76 bits per heavy atom. The number of aliphatic hydroxyl groups is 1. The van der Waals surface area contributed by atoms with Crippen LogP contribution in [-0.2, 0) is 14.4 Å². The van der Waals surface area contributed by atoms with Gasteiger partial charge in [0.1, 0.15) is 6.04 Å². The van der Waals surface area contributed by atoms with Gasteiger partial charge in [0.15, 0.2) is 0 Å². The number of thioether (sulfide) groups is 1. The third-order valence-electron chi connectivity index (χ3n) is 8.53. The van der Waals surface area contributed by atoms with E-state index in [0.717, 1.165) is 6.42 Å². The number of carbonyl (C=O) groups excluding carboxylic acids is 3. The molecule has 2 saturated heterocycles. The van der Waals surface area contributed by atoms with Crippen molar-refractivity contribution in [3.05, 3.63) is 53.6 Å². The number of likely N-dealkylation sites (tertiary alicyclic amines) is 1. The minimum atomic E-state index is -0.957. The number of carbonyl (C=O) groups is 3. The molecule has 1 unspecified atom stereocenters. The number of rotatable bonds is 6. The number of nitrogens with zero attached hydrogens (tertiary/aromatic N) is 3. The van der Waals surface area contributed by atoms with Crippen molar-refractivity contribution in [3.63, 3.8) is 0 Å². The van der Waals surface area contributed by atoms with Gasteiger partial charge in [0.05, 0.1) is 39.9 Å². The fourth-order valence-electron chi connectivity index (χ4n) is 6.85. The van der Waals surface area contributed by atoms with E-state index in [2.05, 4.69) is 6.08 Å². The Morgan fingerprint density at radius 1 is 1.05 bits per heavy atom. The highest BCUT2D eigenvalue weighted by atomic mass is 35.5. The van der Waals surface area contributed by atoms with Gasteiger partial charge in [-0.15, -0.1) is 11.8 Å². The molecule has 1 spiro atoms. The van der Waals surface area contributed by atoms with Crippen molar-refractivity contribution in [2.24, 2.45) is 17.8 Å². The molecule has 4 aliphatic heterocycles. The summed E-state index contributed by atoms with van der Waals surface area (Å²) in [7, 11) is 0. The molecule has 0 aliphatic carbocycles. The molecule has 4 heterocycles. The average molecular weight is 558 g/mol. The van der Waals surface area contributed by atoms with E-state index in [1.165, 1.54) is 0 Å². The predicted octanol–water partition coefficient (Wildman–Crippen LogP) is 3.76. The van der Waals surface area contributed by atoms with Crippen LogP contribution in [0.1, 0.15) is 34.1 Å². The van der Waals surface area contributed by atoms with Crippen molar-refractivity contribution in [3.8, 4) is 0 Å². The number of halogens is 1. The largest absolute Gasteiger partial charge is 0.394 e. The number of para-hydroxylation sites is 1. The van der Waals surface area contributed by atoms with E-state index in [-0.39, 0.29) is 30.2 Å². The fourth-order valence-corrected chi connectivity index (χ4v) is 9.23. The number of amides is 3. The standard InChI is InChI=1S/C29H36ClN3O4S/c1-5-14-31-15-8-12-28(4)22(25(31)35)23-26(36)33(21(17-34)18(2)3)24-27(37)32(16-9-13-29(23,24)38-28)20-11-7-6-10-19(20)30/h6-13,18,21-24,34H,5,14-17H2,1-4H3/t21-,22-,23-,24?,28+,29-/m0/s1. The lowest BCUT2D eigenvalue weighted by Gasteiger charge is -2.41. The smallest absolute Gasteiger partial charge is 0.251 e. The van der Waals surface area contributed by atoms with Gasteiger partial charge in [0.2, 0.25) is 11.8 Å². The van der Waals surface area contributed by atoms with Crippen molar-refractivity contribution in [1.29, 1.82) is 0 Å². The lowest BCUT2D eigenvalue weighted by atomic mass is 9.74. The van der Waals surface area contributed by atoms with Crippen LogP contribution < -0.4 is 4.90 Å². The van der Waals surface area contributed by atoms with E-state index in [1.807, 2.05) is 63.0 Å². The molecule has 3 amide bonds. The van der Waals surface area contributed by atoms with Gasteiger partial charge in [-0.05, 0) is 31.4 Å². The van der Waals surface area contributed by atoms with Crippen molar-refractivity contribution in [1.82, 2.24) is 9.80 Å². The SMILES string of the molecule is CCCN1CC=C[C@@]2(C)S[C@]34C=CCN(c5ccccc5Cl)C(=O)C3N([C@@H](CO)C(C)C)C(=O)[C@@H]4[C@H]2C1=O. The Labute approximate surface area is 233 Å². The van der Waals surface area contributed by atoms with Gasteiger partial charge in [-0.1, -0.05) is 68.8 Å². The highest BCUT2D eigenvalue weighted by molar-refractivity contribution is 8.02. The molecule has 1 aromatic rings. The van der Waals surface area contributed by atoms with E-state index in [4.69, 9.17) is 11.6 Å². The lowest BCUT2D eigenvalue weighted by molar-refractivity contribution is -0.146. The summed E-state index contributed by atoms with van der Waals surface area (Å²) in [5.41, 5.74) is 0.579. The first-order chi connectivity index (χ1) is 18.1. The summed E-state index contributed by atoms with van der Waals surface area (Å²) in [6.45, 7) is 9.10. The molecule has 0 saturated carbocycles. The normalized spacial score (nSPS) is 33.4. The van der Waals surface area contributed by atoms with Crippen molar-refractivity contribution in [2.45, 2.75) is 55.7 Å². The van der Waals surface area contributed by atoms with Crippen LogP contribution in [0, 0.1) is 17.8 Å². The van der Waals surface area contributed by atoms with Gasteiger partial charge in [0, 0.05) is 24.4 Å². The van der Waals surface area contributed by atoms with E-state index in [9.17, 15) is 19.5 Å². The van der Waals surface area contributed by atoms with Gasteiger partial charge in [-0.3, -0.25) is 14.4 Å². The van der Waals surface area contributed by atoms with E-state index < -0.39 is 33.4 Å². The van der Waals surface area contributed by atoms with E-state index in [0.29, 0.717) is 30.3 Å². The maximum absolute atomic E-state index is 14.6. The Kier molecular flexibility index (Phi) is 7.20. The molecule has 1 N–H and O–H groups in total. The maximum atomic E-state index is 14.6. The monoisotopic (exact) mass is 557 g/mol. The minimum Gasteiger partial charge on any atom is -0.394 e. The van der Waals surface area contributed by atoms with Gasteiger partial charge < -0.3 is 19.8 Å². The summed E-state index contributed by atoms with van der Waals surface area (Å²) in [6, 6.07) is 5.75. The molecule has 6 atom stereocenters. The summed E-state index contributed by atoms with van der Waals surface area (Å²) < 4.78 is -1.61. The van der Waals surface area contributed by atoms with Crippen molar-refractivity contribution >= 4 is 46.8 Å². The molecular weight excluding hydrogens is 522 g/mol. The molecule has 4 aliphatic rings. The zero-order valence-corrected chi connectivity index (χ0v) is 23.9. The van der Waals surface area contributed by atoms with Crippen LogP contribution in [-0.4, -0.2) is 80.4 Å². The highest BCUT2D eigenvalue weighted by Gasteiger charge is 2.74. The van der Waals surface area contributed by atoms with Gasteiger partial charge >= 0.3 is 0 Å². The van der Waals surface area contributed by atoms with Crippen LogP contribution in [0.25, 0.3) is 0 Å². The molecule has 38 heavy (non-hydrogen) atoms. The first-order valence-corrected chi connectivity index (χ1v) is 14.6. The summed E-state index contributed by atoms with van der Waals surface area (Å²) >= 11 is 8.09. The zero-order chi connectivity index (χ0) is 27.4. The number of benzene rings is 1. The topological polar surface area (TPSA) is 81.2 Å². The van der Waals surface area contributed by atoms with Gasteiger partial charge in [-0.2, -0.15) is 0 Å². The molecule has 0 radical (unpaired) electrons. The molecule has 2 fully saturated rings. The second-order valence-electron chi connectivity index (χ2n) is 11.2. The van der Waals surface area contributed by atoms with Gasteiger partial charge in [0.25, 0.3) is 5.91 Å². The van der Waals surface area contributed by atoms with Crippen molar-refractivity contribution in [2.75, 3.05) is 31.1 Å². The van der Waals surface area contributed by atoms with Crippen LogP contribution in [0.15, 0.2) is 48.6 Å². The van der Waals surface area contributed by atoms with Gasteiger partial charge in [-0.25, -0.2) is 0 Å². The zero-order valence-electron chi connectivity index (χ0n) is 22.3. The Morgan fingerprint density at radius 3 is 2.42 bits per heavy atom. The molecule has 7 nitrogen and oxygen atoms in total. The molecule has 0 aromatic heterocycles. The molecule has 1 aromatic carbocycles. The molecule has 9 heteroatoms. The first-order valence-electron chi connectivity index (χ1n) is 13.4. The van der Waals surface area contributed by atoms with Crippen LogP contribution in [0.4, 0.5) is 5.69 Å². The lowest BCUT2D eigenvalue weighted by Crippen LogP contribution is -2.58. The minimum absolute atomic E-state index is 0.0409. The maximum Gasteiger partial charge on any atom is 0.251 e. The second kappa shape index (κ2) is 10.0. The van der Waals surface area contributed by atoms with E-state index in [1.54, 1.807) is 33.7 Å². The van der Waals surface area contributed by atoms with Crippen LogP contribution >= 0.6 is 23.4 Å². The number of fused-ring (bicyclic) bond motifs is 2. The number of aliphatic hydroxyl groups excluding tert-OH is 1. The summed E-state index contributed by atoms with van der Waals surface area (Å²) in [6.07, 6.45) is 8.85. The highest BCUT2D eigenvalue weighted by Crippen LogP contribution is 2.66. The third kappa shape index (κ3) is 3.94. The molecule has 0 bridgehead atoms.